The maximum Gasteiger partial charge on any atom is 0.262 e. The summed E-state index contributed by atoms with van der Waals surface area (Å²) in [6.45, 7) is 0. The van der Waals surface area contributed by atoms with Gasteiger partial charge in [0.15, 0.2) is 0 Å². The van der Waals surface area contributed by atoms with Crippen molar-refractivity contribution >= 4 is 7.12 Å². The summed E-state index contributed by atoms with van der Waals surface area (Å²) in [6.07, 6.45) is 0. The minimum absolute atomic E-state index is 0.659. The maximum atomic E-state index is 5.44. The van der Waals surface area contributed by atoms with Gasteiger partial charge in [0, 0.05) is 33.8 Å². The van der Waals surface area contributed by atoms with Crippen molar-refractivity contribution in [1.82, 2.24) is 29.1 Å². The van der Waals surface area contributed by atoms with Crippen molar-refractivity contribution in [3.05, 3.63) is 200 Å². The molecule has 9 rings (SSSR count). The largest absolute Gasteiger partial charge is 0.418 e. The predicted molar refractivity (Wildman–Crippen MR) is 211 cm³/mol. The van der Waals surface area contributed by atoms with Crippen molar-refractivity contribution in [3.8, 4) is 67.5 Å². The molecule has 52 heavy (non-hydrogen) atoms. The third-order valence-corrected chi connectivity index (χ3v) is 9.28. The van der Waals surface area contributed by atoms with E-state index in [9.17, 15) is 0 Å². The molecular formula is C45H33BN6-. The SMILES string of the molecule is c1ccc(-c2cc(-c3ccccc3)n([B-](n3nc(-c4ccccc4)cc3-c3ccccc3)n3nc(-c4ccccc4)cc3-c3ccccc3)n2)cc1. The first-order valence-corrected chi connectivity index (χ1v) is 17.4. The average Bonchev–Trinajstić information content (AvgIpc) is 3.99. The molecular weight excluding hydrogens is 635 g/mol. The van der Waals surface area contributed by atoms with Crippen LogP contribution in [-0.2, 0) is 0 Å². The van der Waals surface area contributed by atoms with E-state index in [1.54, 1.807) is 0 Å². The van der Waals surface area contributed by atoms with Crippen molar-refractivity contribution < 1.29 is 0 Å². The molecule has 0 saturated carbocycles. The molecule has 247 valence electrons. The van der Waals surface area contributed by atoms with E-state index in [0.29, 0.717) is 0 Å². The Balaban J connectivity index is 1.39. The topological polar surface area (TPSA) is 53.5 Å². The summed E-state index contributed by atoms with van der Waals surface area (Å²) in [5, 5.41) is 16.3. The fourth-order valence-electron chi connectivity index (χ4n) is 6.75. The van der Waals surface area contributed by atoms with Gasteiger partial charge in [-0.1, -0.05) is 182 Å². The van der Waals surface area contributed by atoms with E-state index in [0.717, 1.165) is 67.5 Å². The van der Waals surface area contributed by atoms with Gasteiger partial charge in [-0.05, 0) is 34.9 Å². The van der Waals surface area contributed by atoms with Gasteiger partial charge in [-0.25, -0.2) is 15.3 Å². The molecule has 6 aromatic carbocycles. The number of benzene rings is 6. The minimum atomic E-state index is -0.659. The second-order valence-electron chi connectivity index (χ2n) is 12.6. The zero-order valence-corrected chi connectivity index (χ0v) is 28.3. The van der Waals surface area contributed by atoms with Gasteiger partial charge < -0.3 is 13.8 Å². The van der Waals surface area contributed by atoms with E-state index in [-0.39, 0.29) is 0 Å². The normalized spacial score (nSPS) is 11.2. The highest BCUT2D eigenvalue weighted by molar-refractivity contribution is 6.54. The van der Waals surface area contributed by atoms with E-state index in [1.165, 1.54) is 0 Å². The first kappa shape index (κ1) is 31.0. The molecule has 0 saturated heterocycles. The molecule has 0 aliphatic heterocycles. The summed E-state index contributed by atoms with van der Waals surface area (Å²) >= 11 is 0. The van der Waals surface area contributed by atoms with Gasteiger partial charge in [0.1, 0.15) is 0 Å². The molecule has 7 heteroatoms. The van der Waals surface area contributed by atoms with E-state index in [1.807, 2.05) is 72.8 Å². The van der Waals surface area contributed by atoms with Gasteiger partial charge in [-0.3, -0.25) is 0 Å². The van der Waals surface area contributed by atoms with Gasteiger partial charge in [0.05, 0.1) is 17.1 Å². The quantitative estimate of drug-likeness (QED) is 0.144. The lowest BCUT2D eigenvalue weighted by atomic mass is 9.90. The lowest BCUT2D eigenvalue weighted by molar-refractivity contribution is 0.784. The molecule has 9 aromatic rings. The number of hydrogen-bond donors (Lipinski definition) is 0. The summed E-state index contributed by atoms with van der Waals surface area (Å²) in [5.41, 5.74) is 11.6. The summed E-state index contributed by atoms with van der Waals surface area (Å²) in [7, 11) is -0.659. The molecule has 0 bridgehead atoms. The van der Waals surface area contributed by atoms with Crippen LogP contribution in [0.4, 0.5) is 0 Å². The lowest BCUT2D eigenvalue weighted by Crippen LogP contribution is -2.45. The van der Waals surface area contributed by atoms with Gasteiger partial charge in [0.25, 0.3) is 7.12 Å². The zero-order chi connectivity index (χ0) is 34.7. The summed E-state index contributed by atoms with van der Waals surface area (Å²) in [6, 6.07) is 68.8. The van der Waals surface area contributed by atoms with Crippen molar-refractivity contribution in [2.75, 3.05) is 0 Å². The molecule has 0 aliphatic rings. The fraction of sp³-hybridized carbons (Fsp3) is 0. The monoisotopic (exact) mass is 668 g/mol. The molecule has 0 fully saturated rings. The summed E-state index contributed by atoms with van der Waals surface area (Å²) < 4.78 is 6.25. The van der Waals surface area contributed by atoms with Crippen molar-refractivity contribution in [2.45, 2.75) is 0 Å². The molecule has 1 radical (unpaired) electrons. The minimum Gasteiger partial charge on any atom is -0.418 e. The zero-order valence-electron chi connectivity index (χ0n) is 28.3. The van der Waals surface area contributed by atoms with Gasteiger partial charge in [-0.15, -0.1) is 0 Å². The highest BCUT2D eigenvalue weighted by Crippen LogP contribution is 2.33. The summed E-state index contributed by atoms with van der Waals surface area (Å²) in [4.78, 5) is 0. The van der Waals surface area contributed by atoms with Gasteiger partial charge in [0.2, 0.25) is 0 Å². The van der Waals surface area contributed by atoms with Gasteiger partial charge in [-0.2, -0.15) is 0 Å². The standard InChI is InChI=1S/C45H33BN6/c1-7-19-34(20-8-1)40-31-43(37-25-13-4-14-26-37)50(47-40)46(51-44(38-27-15-5-16-28-38)32-41(48-51)35-21-9-2-10-22-35)52-45(39-29-17-6-18-30-39)33-42(49-52)36-23-11-3-12-24-36/h1-33H/q-1. The van der Waals surface area contributed by atoms with Gasteiger partial charge >= 0.3 is 0 Å². The number of rotatable bonds is 9. The van der Waals surface area contributed by atoms with Crippen molar-refractivity contribution in [2.24, 2.45) is 0 Å². The smallest absolute Gasteiger partial charge is 0.262 e. The van der Waals surface area contributed by atoms with Crippen LogP contribution in [-0.4, -0.2) is 36.2 Å². The predicted octanol–water partition coefficient (Wildman–Crippen LogP) is 10.2. The Hall–Kier alpha value is -6.99. The van der Waals surface area contributed by atoms with E-state index in [4.69, 9.17) is 15.3 Å². The number of aromatic nitrogens is 6. The Kier molecular flexibility index (Phi) is 8.19. The van der Waals surface area contributed by atoms with E-state index < -0.39 is 7.12 Å². The second-order valence-corrected chi connectivity index (χ2v) is 12.6. The Morgan fingerprint density at radius 3 is 0.712 bits per heavy atom. The molecule has 3 heterocycles. The molecule has 0 unspecified atom stereocenters. The Morgan fingerprint density at radius 1 is 0.269 bits per heavy atom. The molecule has 0 N–H and O–H groups in total. The van der Waals surface area contributed by atoms with Crippen molar-refractivity contribution in [1.29, 1.82) is 0 Å². The molecule has 0 atom stereocenters. The van der Waals surface area contributed by atoms with Crippen LogP contribution in [0.5, 0.6) is 0 Å². The molecule has 6 nitrogen and oxygen atoms in total. The van der Waals surface area contributed by atoms with Crippen LogP contribution >= 0.6 is 0 Å². The first-order valence-electron chi connectivity index (χ1n) is 17.4. The highest BCUT2D eigenvalue weighted by Gasteiger charge is 2.24. The summed E-state index contributed by atoms with van der Waals surface area (Å²) in [5.74, 6) is 0. The highest BCUT2D eigenvalue weighted by atomic mass is 15.5. The first-order chi connectivity index (χ1) is 25.8. The van der Waals surface area contributed by atoms with Crippen molar-refractivity contribution in [3.63, 3.8) is 0 Å². The number of nitrogens with zero attached hydrogens (tertiary/aromatic N) is 6. The Bertz CT molecular complexity index is 2260. The van der Waals surface area contributed by atoms with Crippen LogP contribution in [0.15, 0.2) is 200 Å². The second kappa shape index (κ2) is 13.7. The maximum absolute atomic E-state index is 5.44. The van der Waals surface area contributed by atoms with Crippen LogP contribution in [0.3, 0.4) is 0 Å². The van der Waals surface area contributed by atoms with Crippen LogP contribution in [0.25, 0.3) is 67.5 Å². The van der Waals surface area contributed by atoms with Crippen LogP contribution in [0.2, 0.25) is 0 Å². The molecule has 3 aromatic heterocycles. The third-order valence-electron chi connectivity index (χ3n) is 9.28. The molecule has 0 aliphatic carbocycles. The average molecular weight is 669 g/mol. The van der Waals surface area contributed by atoms with Crippen LogP contribution in [0, 0.1) is 0 Å². The fourth-order valence-corrected chi connectivity index (χ4v) is 6.75. The van der Waals surface area contributed by atoms with Crippen LogP contribution in [0.1, 0.15) is 0 Å². The Morgan fingerprint density at radius 2 is 0.481 bits per heavy atom. The number of hydrogen-bond acceptors (Lipinski definition) is 3. The van der Waals surface area contributed by atoms with E-state index >= 15 is 0 Å². The third kappa shape index (κ3) is 5.95. The Labute approximate surface area is 303 Å². The van der Waals surface area contributed by atoms with Crippen LogP contribution < -0.4 is 0 Å². The molecule has 0 amide bonds. The lowest BCUT2D eigenvalue weighted by Gasteiger charge is -2.35. The molecule has 0 spiro atoms. The van der Waals surface area contributed by atoms with E-state index in [2.05, 4.69) is 141 Å².